The number of rotatable bonds is 5. The van der Waals surface area contributed by atoms with Crippen molar-refractivity contribution in [2.45, 2.75) is 26.3 Å². The van der Waals surface area contributed by atoms with Crippen LogP contribution in [0.1, 0.15) is 30.0 Å². The Bertz CT molecular complexity index is 512. The zero-order valence-corrected chi connectivity index (χ0v) is 11.4. The molecule has 98 valence electrons. The van der Waals surface area contributed by atoms with E-state index < -0.39 is 0 Å². The van der Waals surface area contributed by atoms with Gasteiger partial charge in [0.15, 0.2) is 5.82 Å². The number of nitrogens with zero attached hydrogens (tertiary/aromatic N) is 5. The maximum atomic E-state index is 4.35. The molecule has 2 rings (SSSR count). The molecule has 1 N–H and O–H groups in total. The summed E-state index contributed by atoms with van der Waals surface area (Å²) in [6, 6.07) is 0.294. The number of nitrogens with one attached hydrogen (secondary N) is 1. The van der Waals surface area contributed by atoms with Gasteiger partial charge in [0.1, 0.15) is 6.33 Å². The first-order chi connectivity index (χ1) is 8.56. The maximum Gasteiger partial charge on any atom is 0.151 e. The van der Waals surface area contributed by atoms with Crippen LogP contribution in [0.25, 0.3) is 0 Å². The Kier molecular flexibility index (Phi) is 3.76. The molecule has 0 fully saturated rings. The topological polar surface area (TPSA) is 60.6 Å². The van der Waals surface area contributed by atoms with Gasteiger partial charge in [-0.25, -0.2) is 4.98 Å². The van der Waals surface area contributed by atoms with Gasteiger partial charge >= 0.3 is 0 Å². The molecule has 0 aliphatic carbocycles. The summed E-state index contributed by atoms with van der Waals surface area (Å²) in [5.41, 5.74) is 2.32. The molecule has 0 spiro atoms. The maximum absolute atomic E-state index is 4.35. The van der Waals surface area contributed by atoms with Crippen molar-refractivity contribution in [1.82, 2.24) is 29.9 Å². The second kappa shape index (κ2) is 5.30. The van der Waals surface area contributed by atoms with Crippen molar-refractivity contribution < 1.29 is 0 Å². The molecule has 0 saturated heterocycles. The van der Waals surface area contributed by atoms with E-state index in [0.717, 1.165) is 24.5 Å². The molecule has 18 heavy (non-hydrogen) atoms. The molecule has 1 atom stereocenters. The number of hydrogen-bond acceptors (Lipinski definition) is 4. The Morgan fingerprint density at radius 2 is 2.06 bits per heavy atom. The molecule has 0 saturated carbocycles. The molecule has 0 radical (unpaired) electrons. The minimum absolute atomic E-state index is 0.294. The van der Waals surface area contributed by atoms with Gasteiger partial charge in [-0.05, 0) is 13.8 Å². The third-order valence-corrected chi connectivity index (χ3v) is 2.96. The van der Waals surface area contributed by atoms with E-state index in [1.807, 2.05) is 25.7 Å². The van der Waals surface area contributed by atoms with Gasteiger partial charge in [0.25, 0.3) is 0 Å². The first-order valence-electron chi connectivity index (χ1n) is 6.14. The highest BCUT2D eigenvalue weighted by molar-refractivity contribution is 5.19. The van der Waals surface area contributed by atoms with Gasteiger partial charge in [0.05, 0.1) is 5.69 Å². The minimum atomic E-state index is 0.294. The van der Waals surface area contributed by atoms with Crippen LogP contribution >= 0.6 is 0 Å². The summed E-state index contributed by atoms with van der Waals surface area (Å²) in [4.78, 5) is 4.20. The summed E-state index contributed by atoms with van der Waals surface area (Å²) in [7, 11) is 3.83. The van der Waals surface area contributed by atoms with Crippen molar-refractivity contribution in [2.75, 3.05) is 6.54 Å². The van der Waals surface area contributed by atoms with E-state index in [2.05, 4.69) is 33.6 Å². The van der Waals surface area contributed by atoms with E-state index >= 15 is 0 Å². The molecule has 0 amide bonds. The normalized spacial score (nSPS) is 12.9. The summed E-state index contributed by atoms with van der Waals surface area (Å²) in [5, 5.41) is 12.1. The molecular weight excluding hydrogens is 228 g/mol. The summed E-state index contributed by atoms with van der Waals surface area (Å²) >= 11 is 0. The van der Waals surface area contributed by atoms with E-state index in [-0.39, 0.29) is 0 Å². The standard InChI is InChI=1S/C12H20N6/c1-9(11-7-17(3)15-10(11)2)13-6-5-12-14-8-18(4)16-12/h7-9,13H,5-6H2,1-4H3. The van der Waals surface area contributed by atoms with Gasteiger partial charge in [-0.1, -0.05) is 0 Å². The lowest BCUT2D eigenvalue weighted by Crippen LogP contribution is -2.22. The summed E-state index contributed by atoms with van der Waals surface area (Å²) in [6.07, 6.45) is 4.63. The SMILES string of the molecule is Cc1nn(C)cc1C(C)NCCc1ncn(C)n1. The highest BCUT2D eigenvalue weighted by Crippen LogP contribution is 2.15. The Morgan fingerprint density at radius 1 is 1.28 bits per heavy atom. The van der Waals surface area contributed by atoms with E-state index in [9.17, 15) is 0 Å². The third-order valence-electron chi connectivity index (χ3n) is 2.96. The van der Waals surface area contributed by atoms with Crippen LogP contribution in [-0.4, -0.2) is 31.1 Å². The van der Waals surface area contributed by atoms with Crippen LogP contribution in [0.2, 0.25) is 0 Å². The fraction of sp³-hybridized carbons (Fsp3) is 0.583. The molecule has 2 aromatic rings. The Hall–Kier alpha value is -1.69. The van der Waals surface area contributed by atoms with Crippen LogP contribution < -0.4 is 5.32 Å². The molecule has 6 heteroatoms. The molecule has 6 nitrogen and oxygen atoms in total. The van der Waals surface area contributed by atoms with E-state index in [0.29, 0.717) is 6.04 Å². The molecule has 2 aromatic heterocycles. The average molecular weight is 248 g/mol. The highest BCUT2D eigenvalue weighted by Gasteiger charge is 2.11. The van der Waals surface area contributed by atoms with E-state index in [1.54, 1.807) is 11.0 Å². The van der Waals surface area contributed by atoms with Gasteiger partial charge in [0.2, 0.25) is 0 Å². The molecule has 0 aromatic carbocycles. The summed E-state index contributed by atoms with van der Waals surface area (Å²) < 4.78 is 3.58. The van der Waals surface area contributed by atoms with Crippen LogP contribution in [0, 0.1) is 6.92 Å². The van der Waals surface area contributed by atoms with Crippen molar-refractivity contribution in [1.29, 1.82) is 0 Å². The fourth-order valence-corrected chi connectivity index (χ4v) is 2.05. The second-order valence-corrected chi connectivity index (χ2v) is 4.60. The Balaban J connectivity index is 1.85. The lowest BCUT2D eigenvalue weighted by atomic mass is 10.1. The molecule has 1 unspecified atom stereocenters. The van der Waals surface area contributed by atoms with Gasteiger partial charge in [-0.2, -0.15) is 10.2 Å². The van der Waals surface area contributed by atoms with Crippen molar-refractivity contribution in [2.24, 2.45) is 14.1 Å². The Labute approximate surface area is 107 Å². The largest absolute Gasteiger partial charge is 0.310 e. The summed E-state index contributed by atoms with van der Waals surface area (Å²) in [5.74, 6) is 0.875. The third kappa shape index (κ3) is 2.95. The quantitative estimate of drug-likeness (QED) is 0.848. The van der Waals surface area contributed by atoms with Crippen molar-refractivity contribution in [3.05, 3.63) is 29.6 Å². The van der Waals surface area contributed by atoms with Crippen LogP contribution in [0.5, 0.6) is 0 Å². The zero-order valence-electron chi connectivity index (χ0n) is 11.4. The van der Waals surface area contributed by atoms with Gasteiger partial charge in [0, 0.05) is 44.9 Å². The monoisotopic (exact) mass is 248 g/mol. The Morgan fingerprint density at radius 3 is 2.61 bits per heavy atom. The summed E-state index contributed by atoms with van der Waals surface area (Å²) in [6.45, 7) is 5.04. The van der Waals surface area contributed by atoms with E-state index in [1.165, 1.54) is 5.56 Å². The molecular formula is C12H20N6. The van der Waals surface area contributed by atoms with Crippen molar-refractivity contribution >= 4 is 0 Å². The van der Waals surface area contributed by atoms with Crippen LogP contribution in [0.4, 0.5) is 0 Å². The number of aromatic nitrogens is 5. The predicted molar refractivity (Wildman–Crippen MR) is 69.1 cm³/mol. The second-order valence-electron chi connectivity index (χ2n) is 4.60. The predicted octanol–water partition coefficient (Wildman–Crippen LogP) is 0.750. The molecule has 0 aliphatic rings. The van der Waals surface area contributed by atoms with Crippen LogP contribution in [-0.2, 0) is 20.5 Å². The minimum Gasteiger partial charge on any atom is -0.310 e. The lowest BCUT2D eigenvalue weighted by molar-refractivity contribution is 0.566. The molecule has 0 aliphatic heterocycles. The first kappa shape index (κ1) is 12.8. The zero-order chi connectivity index (χ0) is 13.1. The van der Waals surface area contributed by atoms with Crippen LogP contribution in [0.3, 0.4) is 0 Å². The smallest absolute Gasteiger partial charge is 0.151 e. The van der Waals surface area contributed by atoms with Crippen molar-refractivity contribution in [3.8, 4) is 0 Å². The lowest BCUT2D eigenvalue weighted by Gasteiger charge is -2.12. The van der Waals surface area contributed by atoms with Crippen LogP contribution in [0.15, 0.2) is 12.5 Å². The molecule has 0 bridgehead atoms. The van der Waals surface area contributed by atoms with Crippen molar-refractivity contribution in [3.63, 3.8) is 0 Å². The first-order valence-corrected chi connectivity index (χ1v) is 6.14. The highest BCUT2D eigenvalue weighted by atomic mass is 15.3. The van der Waals surface area contributed by atoms with Gasteiger partial charge in [-0.3, -0.25) is 9.36 Å². The van der Waals surface area contributed by atoms with Gasteiger partial charge < -0.3 is 5.32 Å². The van der Waals surface area contributed by atoms with Gasteiger partial charge in [-0.15, -0.1) is 0 Å². The molecule has 2 heterocycles. The fourth-order valence-electron chi connectivity index (χ4n) is 2.05. The number of hydrogen-bond donors (Lipinski definition) is 1. The average Bonchev–Trinajstić information content (AvgIpc) is 2.85. The van der Waals surface area contributed by atoms with E-state index in [4.69, 9.17) is 0 Å². The number of aryl methyl sites for hydroxylation is 3.